The Bertz CT molecular complexity index is 1080. The van der Waals surface area contributed by atoms with Crippen molar-refractivity contribution in [2.45, 2.75) is 13.0 Å². The van der Waals surface area contributed by atoms with Gasteiger partial charge >= 0.3 is 0 Å². The molecule has 1 aliphatic heterocycles. The molecule has 0 spiro atoms. The summed E-state index contributed by atoms with van der Waals surface area (Å²) in [7, 11) is 0. The lowest BCUT2D eigenvalue weighted by molar-refractivity contribution is -0.122. The van der Waals surface area contributed by atoms with Gasteiger partial charge in [0.05, 0.1) is 18.8 Å². The zero-order valence-corrected chi connectivity index (χ0v) is 18.5. The lowest BCUT2D eigenvalue weighted by Gasteiger charge is -2.29. The van der Waals surface area contributed by atoms with E-state index in [-0.39, 0.29) is 11.8 Å². The van der Waals surface area contributed by atoms with E-state index in [2.05, 4.69) is 15.5 Å². The Morgan fingerprint density at radius 2 is 1.48 bits per heavy atom. The van der Waals surface area contributed by atoms with Crippen molar-refractivity contribution in [3.05, 3.63) is 84.4 Å². The average molecular weight is 446 g/mol. The molecule has 1 aliphatic rings. The van der Waals surface area contributed by atoms with Crippen LogP contribution < -0.4 is 20.3 Å². The maximum Gasteiger partial charge on any atom is 0.265 e. The minimum Gasteiger partial charge on any atom is -0.480 e. The maximum absolute atomic E-state index is 12.7. The van der Waals surface area contributed by atoms with Crippen molar-refractivity contribution in [3.8, 4) is 5.75 Å². The third kappa shape index (κ3) is 5.90. The molecule has 0 saturated carbocycles. The molecule has 33 heavy (non-hydrogen) atoms. The number of nitrogens with one attached hydrogen (secondary N) is 2. The van der Waals surface area contributed by atoms with E-state index in [0.717, 1.165) is 32.0 Å². The zero-order valence-electron chi connectivity index (χ0n) is 18.5. The van der Waals surface area contributed by atoms with Gasteiger partial charge in [0, 0.05) is 30.2 Å². The molecule has 2 amide bonds. The normalized spacial score (nSPS) is 14.3. The smallest absolute Gasteiger partial charge is 0.265 e. The largest absolute Gasteiger partial charge is 0.480 e. The fourth-order valence-corrected chi connectivity index (χ4v) is 3.54. The van der Waals surface area contributed by atoms with Crippen LogP contribution in [0.15, 0.2) is 78.9 Å². The molecule has 1 atom stereocenters. The topological polar surface area (TPSA) is 79.9 Å². The van der Waals surface area contributed by atoms with Crippen molar-refractivity contribution >= 4 is 28.9 Å². The number of amides is 2. The standard InChI is InChI=1S/C26H27N3O4/c1-19(25(30)27-21-11-13-22(14-12-21)29-15-17-32-18-16-29)33-24-10-6-5-9-23(24)26(31)28-20-7-3-2-4-8-20/h2-14,19H,15-18H2,1H3,(H,27,30)(H,28,31)/t19-/m0/s1. The molecule has 0 bridgehead atoms. The number of anilines is 3. The van der Waals surface area contributed by atoms with Crippen LogP contribution in [0.25, 0.3) is 0 Å². The number of carbonyl (C=O) groups is 2. The lowest BCUT2D eigenvalue weighted by atomic mass is 10.1. The first-order valence-corrected chi connectivity index (χ1v) is 11.0. The van der Waals surface area contributed by atoms with Crippen LogP contribution in [0, 0.1) is 0 Å². The SMILES string of the molecule is C[C@H](Oc1ccccc1C(=O)Nc1ccccc1)C(=O)Nc1ccc(N2CCOCC2)cc1. The van der Waals surface area contributed by atoms with Crippen molar-refractivity contribution < 1.29 is 19.1 Å². The van der Waals surface area contributed by atoms with E-state index in [1.165, 1.54) is 0 Å². The van der Waals surface area contributed by atoms with E-state index in [4.69, 9.17) is 9.47 Å². The van der Waals surface area contributed by atoms with E-state index in [9.17, 15) is 9.59 Å². The van der Waals surface area contributed by atoms with Gasteiger partial charge in [0.25, 0.3) is 11.8 Å². The van der Waals surface area contributed by atoms with Gasteiger partial charge in [-0.1, -0.05) is 30.3 Å². The fourth-order valence-electron chi connectivity index (χ4n) is 3.54. The molecule has 1 fully saturated rings. The molecule has 7 nitrogen and oxygen atoms in total. The minimum absolute atomic E-state index is 0.299. The summed E-state index contributed by atoms with van der Waals surface area (Å²) in [6.07, 6.45) is -0.797. The molecule has 0 unspecified atom stereocenters. The second-order valence-corrected chi connectivity index (χ2v) is 7.71. The second-order valence-electron chi connectivity index (χ2n) is 7.71. The summed E-state index contributed by atoms with van der Waals surface area (Å²) in [5.41, 5.74) is 2.82. The summed E-state index contributed by atoms with van der Waals surface area (Å²) < 4.78 is 11.3. The summed E-state index contributed by atoms with van der Waals surface area (Å²) >= 11 is 0. The second kappa shape index (κ2) is 10.7. The van der Waals surface area contributed by atoms with Crippen LogP contribution in [0.5, 0.6) is 5.75 Å². The highest BCUT2D eigenvalue weighted by molar-refractivity contribution is 6.06. The number of morpholine rings is 1. The third-order valence-corrected chi connectivity index (χ3v) is 5.35. The Balaban J connectivity index is 1.37. The highest BCUT2D eigenvalue weighted by Crippen LogP contribution is 2.22. The number of rotatable bonds is 7. The molecule has 7 heteroatoms. The van der Waals surface area contributed by atoms with Gasteiger partial charge in [-0.25, -0.2) is 0 Å². The Hall–Kier alpha value is -3.84. The first-order valence-electron chi connectivity index (χ1n) is 11.0. The van der Waals surface area contributed by atoms with Crippen molar-refractivity contribution in [3.63, 3.8) is 0 Å². The van der Waals surface area contributed by atoms with E-state index in [1.54, 1.807) is 31.2 Å². The van der Waals surface area contributed by atoms with Gasteiger partial charge in [-0.05, 0) is 55.5 Å². The van der Waals surface area contributed by atoms with Crippen LogP contribution in [0.1, 0.15) is 17.3 Å². The average Bonchev–Trinajstić information content (AvgIpc) is 2.86. The van der Waals surface area contributed by atoms with Crippen molar-refractivity contribution in [2.24, 2.45) is 0 Å². The van der Waals surface area contributed by atoms with Gasteiger partial charge in [0.15, 0.2) is 6.10 Å². The monoisotopic (exact) mass is 445 g/mol. The quantitative estimate of drug-likeness (QED) is 0.570. The first kappa shape index (κ1) is 22.4. The highest BCUT2D eigenvalue weighted by Gasteiger charge is 2.19. The highest BCUT2D eigenvalue weighted by atomic mass is 16.5. The number of benzene rings is 3. The van der Waals surface area contributed by atoms with Crippen LogP contribution in [0.3, 0.4) is 0 Å². The fraction of sp³-hybridized carbons (Fsp3) is 0.231. The van der Waals surface area contributed by atoms with Crippen LogP contribution in [0.2, 0.25) is 0 Å². The van der Waals surface area contributed by atoms with Crippen molar-refractivity contribution in [2.75, 3.05) is 41.8 Å². The minimum atomic E-state index is -0.797. The summed E-state index contributed by atoms with van der Waals surface area (Å²) in [5, 5.41) is 5.71. The van der Waals surface area contributed by atoms with Crippen molar-refractivity contribution in [1.82, 2.24) is 0 Å². The number of hydrogen-bond donors (Lipinski definition) is 2. The van der Waals surface area contributed by atoms with Crippen LogP contribution in [-0.4, -0.2) is 44.2 Å². The van der Waals surface area contributed by atoms with Crippen LogP contribution in [-0.2, 0) is 9.53 Å². The molecular formula is C26H27N3O4. The third-order valence-electron chi connectivity index (χ3n) is 5.35. The number of ether oxygens (including phenoxy) is 2. The van der Waals surface area contributed by atoms with Gasteiger partial charge in [-0.2, -0.15) is 0 Å². The molecule has 170 valence electrons. The summed E-state index contributed by atoms with van der Waals surface area (Å²) in [6, 6.07) is 23.8. The van der Waals surface area contributed by atoms with Gasteiger partial charge in [-0.15, -0.1) is 0 Å². The molecule has 3 aromatic carbocycles. The van der Waals surface area contributed by atoms with Crippen molar-refractivity contribution in [1.29, 1.82) is 0 Å². The molecular weight excluding hydrogens is 418 g/mol. The number of hydrogen-bond acceptors (Lipinski definition) is 5. The zero-order chi connectivity index (χ0) is 23.0. The van der Waals surface area contributed by atoms with Gasteiger partial charge < -0.3 is 25.0 Å². The van der Waals surface area contributed by atoms with Gasteiger partial charge in [0.2, 0.25) is 0 Å². The molecule has 3 aromatic rings. The van der Waals surface area contributed by atoms with E-state index < -0.39 is 6.10 Å². The molecule has 1 heterocycles. The molecule has 0 radical (unpaired) electrons. The number of nitrogens with zero attached hydrogens (tertiary/aromatic N) is 1. The van der Waals surface area contributed by atoms with E-state index >= 15 is 0 Å². The predicted octanol–water partition coefficient (Wildman–Crippen LogP) is 4.18. The molecule has 0 aliphatic carbocycles. The van der Waals surface area contributed by atoms with E-state index in [1.807, 2.05) is 54.6 Å². The molecule has 4 rings (SSSR count). The molecule has 1 saturated heterocycles. The first-order chi connectivity index (χ1) is 16.1. The maximum atomic E-state index is 12.7. The Kier molecular flexibility index (Phi) is 7.22. The summed E-state index contributed by atoms with van der Waals surface area (Å²) in [4.78, 5) is 27.7. The van der Waals surface area contributed by atoms with Gasteiger partial charge in [-0.3, -0.25) is 9.59 Å². The lowest BCUT2D eigenvalue weighted by Crippen LogP contribution is -2.36. The number of carbonyl (C=O) groups excluding carboxylic acids is 2. The Labute approximate surface area is 193 Å². The summed E-state index contributed by atoms with van der Waals surface area (Å²) in [6.45, 7) is 4.81. The Morgan fingerprint density at radius 1 is 0.848 bits per heavy atom. The van der Waals surface area contributed by atoms with E-state index in [0.29, 0.717) is 22.7 Å². The summed E-state index contributed by atoms with van der Waals surface area (Å²) in [5.74, 6) is -0.258. The van der Waals surface area contributed by atoms with Crippen LogP contribution in [0.4, 0.5) is 17.1 Å². The number of para-hydroxylation sites is 2. The predicted molar refractivity (Wildman–Crippen MR) is 129 cm³/mol. The molecule has 0 aromatic heterocycles. The van der Waals surface area contributed by atoms with Gasteiger partial charge in [0.1, 0.15) is 5.75 Å². The Morgan fingerprint density at radius 3 is 2.21 bits per heavy atom. The molecule has 2 N–H and O–H groups in total. The van der Waals surface area contributed by atoms with Crippen LogP contribution >= 0.6 is 0 Å².